The minimum Gasteiger partial charge on any atom is -0.326 e. The summed E-state index contributed by atoms with van der Waals surface area (Å²) >= 11 is 13.6. The third kappa shape index (κ3) is 1.55. The average molecular weight is 232 g/mol. The lowest BCUT2D eigenvalue weighted by atomic mass is 10.2. The standard InChI is InChI=1S/C9H7Cl2NS/c10-5-1-2-7-6(3-5)9(11)8(4-12)13-7/h1-3H,4,12H2. The largest absolute Gasteiger partial charge is 0.326 e. The number of halogens is 2. The summed E-state index contributed by atoms with van der Waals surface area (Å²) in [5.41, 5.74) is 5.55. The molecule has 2 aromatic rings. The van der Waals surface area contributed by atoms with Gasteiger partial charge in [0.25, 0.3) is 0 Å². The second-order valence-electron chi connectivity index (χ2n) is 2.68. The molecular weight excluding hydrogens is 225 g/mol. The second kappa shape index (κ2) is 3.46. The molecule has 0 saturated heterocycles. The van der Waals surface area contributed by atoms with Gasteiger partial charge in [0.2, 0.25) is 0 Å². The quantitative estimate of drug-likeness (QED) is 0.797. The lowest BCUT2D eigenvalue weighted by Gasteiger charge is -1.91. The van der Waals surface area contributed by atoms with Crippen LogP contribution >= 0.6 is 34.5 Å². The lowest BCUT2D eigenvalue weighted by Crippen LogP contribution is -1.92. The SMILES string of the molecule is NCc1sc2ccc(Cl)cc2c1Cl. The third-order valence-electron chi connectivity index (χ3n) is 1.84. The van der Waals surface area contributed by atoms with Crippen molar-refractivity contribution in [2.75, 3.05) is 0 Å². The van der Waals surface area contributed by atoms with Gasteiger partial charge in [-0.2, -0.15) is 0 Å². The molecule has 0 spiro atoms. The molecule has 2 N–H and O–H groups in total. The maximum Gasteiger partial charge on any atom is 0.0637 e. The number of benzene rings is 1. The number of hydrogen-bond acceptors (Lipinski definition) is 2. The van der Waals surface area contributed by atoms with Gasteiger partial charge in [0.15, 0.2) is 0 Å². The second-order valence-corrected chi connectivity index (χ2v) is 4.63. The predicted octanol–water partition coefficient (Wildman–Crippen LogP) is 3.67. The Kier molecular flexibility index (Phi) is 2.47. The van der Waals surface area contributed by atoms with Crippen LogP contribution in [0.25, 0.3) is 10.1 Å². The molecule has 0 saturated carbocycles. The number of hydrogen-bond donors (Lipinski definition) is 1. The van der Waals surface area contributed by atoms with Gasteiger partial charge in [-0.05, 0) is 18.2 Å². The van der Waals surface area contributed by atoms with E-state index in [1.165, 1.54) is 0 Å². The summed E-state index contributed by atoms with van der Waals surface area (Å²) in [6.07, 6.45) is 0. The zero-order valence-corrected chi connectivity index (χ0v) is 9.01. The highest BCUT2D eigenvalue weighted by molar-refractivity contribution is 7.19. The molecule has 0 aliphatic rings. The van der Waals surface area contributed by atoms with Gasteiger partial charge in [-0.15, -0.1) is 11.3 Å². The zero-order valence-electron chi connectivity index (χ0n) is 6.68. The van der Waals surface area contributed by atoms with Crippen LogP contribution < -0.4 is 5.73 Å². The van der Waals surface area contributed by atoms with Crippen LogP contribution in [-0.4, -0.2) is 0 Å². The van der Waals surface area contributed by atoms with Crippen molar-refractivity contribution in [2.45, 2.75) is 6.54 Å². The minimum absolute atomic E-state index is 0.482. The van der Waals surface area contributed by atoms with Crippen molar-refractivity contribution in [3.63, 3.8) is 0 Å². The summed E-state index contributed by atoms with van der Waals surface area (Å²) in [4.78, 5) is 1.01. The van der Waals surface area contributed by atoms with Crippen LogP contribution in [0.3, 0.4) is 0 Å². The average Bonchev–Trinajstić information content (AvgIpc) is 2.44. The maximum atomic E-state index is 6.10. The van der Waals surface area contributed by atoms with Gasteiger partial charge >= 0.3 is 0 Å². The summed E-state index contributed by atoms with van der Waals surface area (Å²) in [7, 11) is 0. The Morgan fingerprint density at radius 2 is 2.08 bits per heavy atom. The Labute approximate surface area is 90.1 Å². The summed E-state index contributed by atoms with van der Waals surface area (Å²) in [6, 6.07) is 5.69. The fourth-order valence-electron chi connectivity index (χ4n) is 1.22. The van der Waals surface area contributed by atoms with Crippen LogP contribution in [0.5, 0.6) is 0 Å². The highest BCUT2D eigenvalue weighted by Gasteiger charge is 2.08. The Bertz CT molecular complexity index is 450. The van der Waals surface area contributed by atoms with Crippen molar-refractivity contribution in [1.29, 1.82) is 0 Å². The van der Waals surface area contributed by atoms with E-state index >= 15 is 0 Å². The van der Waals surface area contributed by atoms with Crippen LogP contribution in [0.2, 0.25) is 10.0 Å². The van der Waals surface area contributed by atoms with Crippen molar-refractivity contribution < 1.29 is 0 Å². The van der Waals surface area contributed by atoms with E-state index < -0.39 is 0 Å². The molecule has 2 rings (SSSR count). The first kappa shape index (κ1) is 9.28. The van der Waals surface area contributed by atoms with Gasteiger partial charge in [-0.1, -0.05) is 23.2 Å². The Hall–Kier alpha value is -0.280. The topological polar surface area (TPSA) is 26.0 Å². The van der Waals surface area contributed by atoms with E-state index in [-0.39, 0.29) is 0 Å². The van der Waals surface area contributed by atoms with E-state index in [2.05, 4.69) is 0 Å². The van der Waals surface area contributed by atoms with Gasteiger partial charge in [0, 0.05) is 26.5 Å². The first-order chi connectivity index (χ1) is 6.22. The molecule has 4 heteroatoms. The summed E-state index contributed by atoms with van der Waals surface area (Å²) in [6.45, 7) is 0.482. The third-order valence-corrected chi connectivity index (χ3v) is 3.81. The van der Waals surface area contributed by atoms with Crippen molar-refractivity contribution >= 4 is 44.6 Å². The van der Waals surface area contributed by atoms with Crippen LogP contribution in [0.1, 0.15) is 4.88 Å². The molecule has 0 amide bonds. The molecule has 0 aliphatic carbocycles. The monoisotopic (exact) mass is 231 g/mol. The summed E-state index contributed by atoms with van der Waals surface area (Å²) < 4.78 is 1.13. The van der Waals surface area contributed by atoms with Gasteiger partial charge < -0.3 is 5.73 Å². The number of nitrogens with two attached hydrogens (primary N) is 1. The van der Waals surface area contributed by atoms with Gasteiger partial charge in [0.05, 0.1) is 5.02 Å². The highest BCUT2D eigenvalue weighted by Crippen LogP contribution is 2.36. The fourth-order valence-corrected chi connectivity index (χ4v) is 2.75. The van der Waals surface area contributed by atoms with Crippen LogP contribution in [0.4, 0.5) is 0 Å². The number of fused-ring (bicyclic) bond motifs is 1. The molecule has 0 radical (unpaired) electrons. The molecule has 13 heavy (non-hydrogen) atoms. The Balaban J connectivity index is 2.77. The normalized spacial score (nSPS) is 11.0. The molecule has 1 heterocycles. The maximum absolute atomic E-state index is 6.10. The fraction of sp³-hybridized carbons (Fsp3) is 0.111. The first-order valence-corrected chi connectivity index (χ1v) is 5.36. The molecular formula is C9H7Cl2NS. The first-order valence-electron chi connectivity index (χ1n) is 3.79. The summed E-state index contributed by atoms with van der Waals surface area (Å²) in [5.74, 6) is 0. The smallest absolute Gasteiger partial charge is 0.0637 e. The molecule has 1 nitrogen and oxygen atoms in total. The van der Waals surface area contributed by atoms with Crippen LogP contribution in [0.15, 0.2) is 18.2 Å². The summed E-state index contributed by atoms with van der Waals surface area (Å²) in [5, 5.41) is 2.44. The molecule has 1 aromatic heterocycles. The molecule has 0 aliphatic heterocycles. The van der Waals surface area contributed by atoms with Crippen LogP contribution in [0, 0.1) is 0 Å². The van der Waals surface area contributed by atoms with Crippen molar-refractivity contribution in [3.8, 4) is 0 Å². The molecule has 1 aromatic carbocycles. The minimum atomic E-state index is 0.482. The molecule has 68 valence electrons. The van der Waals surface area contributed by atoms with E-state index in [4.69, 9.17) is 28.9 Å². The lowest BCUT2D eigenvalue weighted by molar-refractivity contribution is 1.11. The van der Waals surface area contributed by atoms with Gasteiger partial charge in [0.1, 0.15) is 0 Å². The highest BCUT2D eigenvalue weighted by atomic mass is 35.5. The molecule has 0 bridgehead atoms. The predicted molar refractivity (Wildman–Crippen MR) is 59.7 cm³/mol. The van der Waals surface area contributed by atoms with E-state index in [0.29, 0.717) is 11.6 Å². The van der Waals surface area contributed by atoms with Gasteiger partial charge in [-0.25, -0.2) is 0 Å². The van der Waals surface area contributed by atoms with E-state index in [0.717, 1.165) is 20.0 Å². The number of rotatable bonds is 1. The van der Waals surface area contributed by atoms with E-state index in [1.807, 2.05) is 18.2 Å². The van der Waals surface area contributed by atoms with Gasteiger partial charge in [-0.3, -0.25) is 0 Å². The van der Waals surface area contributed by atoms with E-state index in [9.17, 15) is 0 Å². The van der Waals surface area contributed by atoms with Crippen LogP contribution in [-0.2, 0) is 6.54 Å². The van der Waals surface area contributed by atoms with Crippen molar-refractivity contribution in [3.05, 3.63) is 33.1 Å². The molecule has 0 atom stereocenters. The molecule has 0 fully saturated rings. The van der Waals surface area contributed by atoms with Crippen molar-refractivity contribution in [1.82, 2.24) is 0 Å². The number of thiophene rings is 1. The van der Waals surface area contributed by atoms with E-state index in [1.54, 1.807) is 11.3 Å². The Morgan fingerprint density at radius 3 is 2.77 bits per heavy atom. The Morgan fingerprint density at radius 1 is 1.31 bits per heavy atom. The van der Waals surface area contributed by atoms with Crippen molar-refractivity contribution in [2.24, 2.45) is 5.73 Å². The molecule has 0 unspecified atom stereocenters. The zero-order chi connectivity index (χ0) is 9.42.